The molecule has 14 atom stereocenters. The van der Waals surface area contributed by atoms with Crippen molar-refractivity contribution in [1.82, 2.24) is 106 Å². The van der Waals surface area contributed by atoms with Gasteiger partial charge >= 0.3 is 0 Å². The number of nitrogens with two attached hydrogens (primary N) is 9. The van der Waals surface area contributed by atoms with Crippen LogP contribution in [-0.2, 0) is 104 Å². The van der Waals surface area contributed by atoms with Crippen molar-refractivity contribution in [2.75, 3.05) is 72.1 Å². The third-order valence-corrected chi connectivity index (χ3v) is 20.1. The number of amides is 19. The van der Waals surface area contributed by atoms with Crippen molar-refractivity contribution in [3.63, 3.8) is 0 Å². The number of hydrogen-bond donors (Lipinski definition) is 34. The molecule has 0 fully saturated rings. The molecule has 0 aliphatic heterocycles. The Kier molecular flexibility index (Phi) is 56.8. The van der Waals surface area contributed by atoms with Crippen LogP contribution in [-0.4, -0.2) is 297 Å². The first kappa shape index (κ1) is 117. The number of carbonyl (C=O) groups excluding carboxylic acids is 19. The summed E-state index contributed by atoms with van der Waals surface area (Å²) in [7, 11) is 0. The van der Waals surface area contributed by atoms with E-state index >= 15 is 0 Å². The van der Waals surface area contributed by atoms with Gasteiger partial charge in [-0.2, -0.15) is 0 Å². The summed E-state index contributed by atoms with van der Waals surface area (Å²) in [6, 6.07) is -3.15. The second-order valence-corrected chi connectivity index (χ2v) is 31.5. The topological polar surface area (TPSA) is 911 Å². The molecule has 2 rings (SSSR count). The van der Waals surface area contributed by atoms with Crippen LogP contribution in [0.25, 0.3) is 0 Å². The van der Waals surface area contributed by atoms with E-state index in [2.05, 4.69) is 106 Å². The second-order valence-electron chi connectivity index (χ2n) is 31.5. The lowest BCUT2D eigenvalue weighted by molar-refractivity contribution is -0.136. The number of aliphatic hydroxyl groups is 2. The number of carbonyl (C=O) groups is 19. The van der Waals surface area contributed by atoms with Crippen molar-refractivity contribution in [2.24, 2.45) is 51.6 Å². The van der Waals surface area contributed by atoms with E-state index in [1.807, 2.05) is 30.3 Å². The van der Waals surface area contributed by atoms with Crippen LogP contribution in [0.4, 0.5) is 0 Å². The minimum atomic E-state index is -1.87. The van der Waals surface area contributed by atoms with Crippen LogP contribution in [0.1, 0.15) is 147 Å². The maximum Gasteiger partial charge on any atom is 0.245 e. The van der Waals surface area contributed by atoms with Crippen molar-refractivity contribution in [3.05, 3.63) is 71.8 Å². The van der Waals surface area contributed by atoms with Gasteiger partial charge < -0.3 is 168 Å². The summed E-state index contributed by atoms with van der Waals surface area (Å²) in [5.74, 6) is -20.1. The summed E-state index contributed by atoms with van der Waals surface area (Å²) in [5, 5.41) is 93.7. The van der Waals surface area contributed by atoms with E-state index in [4.69, 9.17) is 67.8 Å². The zero-order valence-electron chi connectivity index (χ0n) is 76.1. The van der Waals surface area contributed by atoms with Gasteiger partial charge in [-0.15, -0.1) is 0 Å². The van der Waals surface area contributed by atoms with E-state index < -0.39 is 254 Å². The summed E-state index contributed by atoms with van der Waals surface area (Å²) >= 11 is 0. The molecule has 43 N–H and O–H groups in total. The smallest absolute Gasteiger partial charge is 0.245 e. The molecule has 0 spiro atoms. The molecule has 0 saturated heterocycles. The molecule has 135 heavy (non-hydrogen) atoms. The lowest BCUT2D eigenvalue weighted by Gasteiger charge is -2.28. The van der Waals surface area contributed by atoms with Crippen LogP contribution in [0.5, 0.6) is 0 Å². The molecular formula is C82H138N32O21. The zero-order chi connectivity index (χ0) is 101. The van der Waals surface area contributed by atoms with Gasteiger partial charge in [-0.1, -0.05) is 60.7 Å². The summed E-state index contributed by atoms with van der Waals surface area (Å²) in [5.41, 5.74) is 51.4. The van der Waals surface area contributed by atoms with Gasteiger partial charge in [0.15, 0.2) is 17.9 Å². The molecule has 53 nitrogen and oxygen atoms in total. The molecule has 0 bridgehead atoms. The number of primary amides is 3. The fourth-order valence-electron chi connectivity index (χ4n) is 12.7. The van der Waals surface area contributed by atoms with Crippen LogP contribution < -0.4 is 158 Å². The Labute approximate surface area is 780 Å². The van der Waals surface area contributed by atoms with Crippen LogP contribution in [0.3, 0.4) is 0 Å². The molecule has 53 heteroatoms. The standard InChI is InChI=1S/C82H138N32O21/c1-45(102-64(121)43-101-79(135)66(47(3)116)114-77(133)57(37-48-19-6-4-7-20-48)104-65(122)42-100-63(120)41-99-62(119)40-95-39-49-21-8-5-9-22-49)68(124)106-54(26-16-34-96-80(89)90)71(127)110-53(25-12-15-33-85)75(131)113-59(44-115)78(134)103-46(2)69(125)107-55(27-17-35-97-81(91)92)72(128)108-51(23-10-13-31-83)70(126)111-56(28-18-36-98-82(93)94)73(129)109-52(24-11-14-32-84)74(130)112-58(38-61(87)118)76(132)105-50(67(88)123)29-30-60(86)117/h4-9,19-22,45-47,50-59,66,95,115-116H,10-18,23-44,83-85H2,1-3H3,(H2,86,117)(H2,87,118)(H2,88,123)(H,99,119)(H,100,120)(H,101,135)(H,102,121)(H,103,134)(H,104,122)(H,105,132)(H,106,124)(H,107,125)(H,108,128)(H,109,129)(H,110,127)(H,111,126)(H,112,130)(H,113,131)(H,114,133)(H4,89,90,96)(H4,91,92,97)(H4,93,94,98)/t45-,46-,47+,50-,51-,52-,53-,54-,55-,56-,57-,58-,59-,66-/m0/s1. The Balaban J connectivity index is 2.38. The van der Waals surface area contributed by atoms with Crippen molar-refractivity contribution >= 4 is 130 Å². The van der Waals surface area contributed by atoms with E-state index in [1.54, 1.807) is 30.3 Å². The molecule has 19 amide bonds. The fraction of sp³-hybridized carbons (Fsp3) is 0.585. The maximum atomic E-state index is 14.6. The highest BCUT2D eigenvalue weighted by molar-refractivity contribution is 6.01. The largest absolute Gasteiger partial charge is 0.394 e. The lowest BCUT2D eigenvalue weighted by Crippen LogP contribution is -2.61. The maximum absolute atomic E-state index is 14.6. The molecule has 2 aromatic rings. The summed E-state index contributed by atoms with van der Waals surface area (Å²) in [6.45, 7) is 0.952. The highest BCUT2D eigenvalue weighted by Crippen LogP contribution is 2.13. The third kappa shape index (κ3) is 50.4. The Morgan fingerprint density at radius 1 is 0.319 bits per heavy atom. The minimum absolute atomic E-state index is 0.00457. The Bertz CT molecular complexity index is 4250. The molecule has 2 aromatic carbocycles. The van der Waals surface area contributed by atoms with E-state index in [-0.39, 0.29) is 136 Å². The SMILES string of the molecule is C[C@H](NC(=O)CNC(=O)[C@@H](NC(=O)[C@H](Cc1ccccc1)NC(=O)CNC(=O)CNC(=O)CNCc1ccccc1)[C@@H](C)O)C(=O)N[C@@H](CCCNC(=N)N)C(=O)N[C@@H](CCCCN)C(=O)N[C@@H](CO)C(=O)N[C@@H](C)C(=O)N[C@@H](CCCNC(=N)N)C(=O)N[C@@H](CCCCN)C(=O)N[C@@H](CCCNC(=N)N)C(=O)N[C@@H](CCCCN)C(=O)N[C@@H](CC(N)=O)C(=O)N[C@@H](CCC(N)=O)C(N)=O. The minimum Gasteiger partial charge on any atom is -0.394 e. The Hall–Kier alpha value is -14.1. The molecule has 0 radical (unpaired) electrons. The van der Waals surface area contributed by atoms with Crippen molar-refractivity contribution in [2.45, 2.75) is 234 Å². The van der Waals surface area contributed by atoms with E-state index in [9.17, 15) is 101 Å². The van der Waals surface area contributed by atoms with Crippen LogP contribution in [0.15, 0.2) is 60.7 Å². The summed E-state index contributed by atoms with van der Waals surface area (Å²) < 4.78 is 0. The number of unbranched alkanes of at least 4 members (excludes halogenated alkanes) is 3. The normalized spacial score (nSPS) is 14.0. The van der Waals surface area contributed by atoms with Gasteiger partial charge in [0.1, 0.15) is 78.5 Å². The summed E-state index contributed by atoms with van der Waals surface area (Å²) in [4.78, 5) is 257. The van der Waals surface area contributed by atoms with Crippen molar-refractivity contribution < 1.29 is 101 Å². The first-order valence-corrected chi connectivity index (χ1v) is 44.0. The summed E-state index contributed by atoms with van der Waals surface area (Å²) in [6.07, 6.45) is -3.08. The fourth-order valence-corrected chi connectivity index (χ4v) is 12.7. The van der Waals surface area contributed by atoms with Gasteiger partial charge in [0.25, 0.3) is 0 Å². The highest BCUT2D eigenvalue weighted by Gasteiger charge is 2.38. The van der Waals surface area contributed by atoms with Gasteiger partial charge in [0.2, 0.25) is 112 Å². The molecule has 0 saturated carbocycles. The molecule has 752 valence electrons. The number of benzene rings is 2. The second kappa shape index (κ2) is 65.5. The van der Waals surface area contributed by atoms with Gasteiger partial charge in [-0.25, -0.2) is 0 Å². The number of guanidine groups is 3. The van der Waals surface area contributed by atoms with Crippen molar-refractivity contribution in [3.8, 4) is 0 Å². The van der Waals surface area contributed by atoms with E-state index in [0.29, 0.717) is 31.4 Å². The average molecular weight is 1910 g/mol. The highest BCUT2D eigenvalue weighted by atomic mass is 16.3. The third-order valence-electron chi connectivity index (χ3n) is 20.1. The first-order valence-electron chi connectivity index (χ1n) is 44.0. The monoisotopic (exact) mass is 1910 g/mol. The number of nitrogens with one attached hydrogen (secondary N) is 23. The van der Waals surface area contributed by atoms with Crippen molar-refractivity contribution in [1.29, 1.82) is 16.2 Å². The quantitative estimate of drug-likeness (QED) is 0.0166. The average Bonchev–Trinajstić information content (AvgIpc) is 0.853. The van der Waals surface area contributed by atoms with Gasteiger partial charge in [0, 0.05) is 39.0 Å². The molecule has 0 aromatic heterocycles. The molecule has 0 heterocycles. The number of hydrogen-bond acceptors (Lipinski definition) is 28. The van der Waals surface area contributed by atoms with Crippen LogP contribution in [0.2, 0.25) is 0 Å². The molecule has 0 aliphatic carbocycles. The molecular weight excluding hydrogens is 1770 g/mol. The van der Waals surface area contributed by atoms with Gasteiger partial charge in [-0.3, -0.25) is 107 Å². The molecule has 0 aliphatic rings. The predicted octanol–water partition coefficient (Wildman–Crippen LogP) is -13.1. The number of rotatable bonds is 69. The van der Waals surface area contributed by atoms with E-state index in [1.165, 1.54) is 13.8 Å². The first-order chi connectivity index (χ1) is 64.0. The van der Waals surface area contributed by atoms with E-state index in [0.717, 1.165) is 12.5 Å². The Morgan fingerprint density at radius 3 is 1.04 bits per heavy atom. The van der Waals surface area contributed by atoms with Gasteiger partial charge in [-0.05, 0) is 154 Å². The van der Waals surface area contributed by atoms with Crippen LogP contribution >= 0.6 is 0 Å². The predicted molar refractivity (Wildman–Crippen MR) is 490 cm³/mol. The molecule has 0 unspecified atom stereocenters. The lowest BCUT2D eigenvalue weighted by atomic mass is 10.0. The van der Waals surface area contributed by atoms with Gasteiger partial charge in [0.05, 0.1) is 45.3 Å². The zero-order valence-corrected chi connectivity index (χ0v) is 76.1. The Morgan fingerprint density at radius 2 is 0.652 bits per heavy atom. The van der Waals surface area contributed by atoms with Crippen LogP contribution in [0, 0.1) is 16.2 Å². The number of aliphatic hydroxyl groups excluding tert-OH is 2.